The highest BCUT2D eigenvalue weighted by Gasteiger charge is 2.11. The van der Waals surface area contributed by atoms with Gasteiger partial charge in [-0.1, -0.05) is 19.9 Å². The molecule has 1 amide bonds. The minimum atomic E-state index is -0.260. The molecule has 0 unspecified atom stereocenters. The highest BCUT2D eigenvalue weighted by atomic mass is 16.5. The molecule has 122 valence electrons. The van der Waals surface area contributed by atoms with E-state index in [-0.39, 0.29) is 5.91 Å². The first-order valence-corrected chi connectivity index (χ1v) is 7.65. The molecule has 0 aliphatic heterocycles. The summed E-state index contributed by atoms with van der Waals surface area (Å²) in [6.45, 7) is 7.10. The number of aryl methyl sites for hydroxylation is 1. The summed E-state index contributed by atoms with van der Waals surface area (Å²) in [5.74, 6) is 0.912. The Hall–Kier alpha value is -2.56. The number of carbonyl (C=O) groups excluding carboxylic acids is 1. The molecule has 23 heavy (non-hydrogen) atoms. The van der Waals surface area contributed by atoms with Gasteiger partial charge in [-0.15, -0.1) is 0 Å². The van der Waals surface area contributed by atoms with Gasteiger partial charge in [-0.3, -0.25) is 4.79 Å². The van der Waals surface area contributed by atoms with Crippen LogP contribution in [0.2, 0.25) is 0 Å². The van der Waals surface area contributed by atoms with Crippen molar-refractivity contribution in [2.75, 3.05) is 24.3 Å². The number of aromatic nitrogens is 1. The second-order valence-electron chi connectivity index (χ2n) is 5.86. The number of ether oxygens (including phenoxy) is 1. The van der Waals surface area contributed by atoms with Gasteiger partial charge in [-0.2, -0.15) is 0 Å². The number of benzene rings is 1. The lowest BCUT2D eigenvalue weighted by Gasteiger charge is -2.11. The van der Waals surface area contributed by atoms with Gasteiger partial charge in [0.1, 0.15) is 11.4 Å². The molecule has 2 aromatic rings. The van der Waals surface area contributed by atoms with Crippen LogP contribution < -0.4 is 15.4 Å². The quantitative estimate of drug-likeness (QED) is 0.853. The van der Waals surface area contributed by atoms with Crippen LogP contribution in [-0.2, 0) is 0 Å². The monoisotopic (exact) mass is 313 g/mol. The van der Waals surface area contributed by atoms with E-state index in [4.69, 9.17) is 4.74 Å². The maximum absolute atomic E-state index is 12.3. The van der Waals surface area contributed by atoms with Crippen molar-refractivity contribution in [1.82, 2.24) is 4.98 Å². The molecule has 0 saturated heterocycles. The molecule has 1 aromatic carbocycles. The standard InChI is InChI=1S/C18H23N3O2/c1-12(2)10-19-14-6-7-15(20-11-14)18(22)21-16-9-13(3)5-8-17(16)23-4/h5-9,11-12,19H,10H2,1-4H3,(H,21,22). The number of anilines is 2. The molecular formula is C18H23N3O2. The van der Waals surface area contributed by atoms with E-state index >= 15 is 0 Å². The van der Waals surface area contributed by atoms with E-state index in [1.807, 2.05) is 31.2 Å². The Balaban J connectivity index is 2.07. The van der Waals surface area contributed by atoms with Crippen LogP contribution in [0.25, 0.3) is 0 Å². The molecule has 1 aromatic heterocycles. The molecule has 2 rings (SSSR count). The van der Waals surface area contributed by atoms with Crippen LogP contribution in [-0.4, -0.2) is 24.5 Å². The Kier molecular flexibility index (Phi) is 5.57. The summed E-state index contributed by atoms with van der Waals surface area (Å²) >= 11 is 0. The first-order chi connectivity index (χ1) is 11.0. The molecule has 0 spiro atoms. The highest BCUT2D eigenvalue weighted by molar-refractivity contribution is 6.03. The number of hydrogen-bond acceptors (Lipinski definition) is 4. The lowest BCUT2D eigenvalue weighted by molar-refractivity contribution is 0.102. The fraction of sp³-hybridized carbons (Fsp3) is 0.333. The van der Waals surface area contributed by atoms with Crippen LogP contribution in [0.3, 0.4) is 0 Å². The van der Waals surface area contributed by atoms with E-state index in [1.165, 1.54) is 0 Å². The van der Waals surface area contributed by atoms with Crippen molar-refractivity contribution in [3.05, 3.63) is 47.8 Å². The smallest absolute Gasteiger partial charge is 0.274 e. The molecule has 0 aliphatic carbocycles. The van der Waals surface area contributed by atoms with Crippen molar-refractivity contribution in [3.63, 3.8) is 0 Å². The van der Waals surface area contributed by atoms with Crippen molar-refractivity contribution >= 4 is 17.3 Å². The third-order valence-corrected chi connectivity index (χ3v) is 3.31. The minimum absolute atomic E-state index is 0.260. The number of methoxy groups -OCH3 is 1. The van der Waals surface area contributed by atoms with Gasteiger partial charge in [0.25, 0.3) is 5.91 Å². The predicted molar refractivity (Wildman–Crippen MR) is 93.2 cm³/mol. The molecule has 5 nitrogen and oxygen atoms in total. The summed E-state index contributed by atoms with van der Waals surface area (Å²) in [7, 11) is 1.58. The fourth-order valence-corrected chi connectivity index (χ4v) is 2.06. The Morgan fingerprint density at radius 3 is 2.65 bits per heavy atom. The van der Waals surface area contributed by atoms with Crippen molar-refractivity contribution in [2.45, 2.75) is 20.8 Å². The number of amides is 1. The zero-order valence-electron chi connectivity index (χ0n) is 14.0. The van der Waals surface area contributed by atoms with Crippen LogP contribution in [0.4, 0.5) is 11.4 Å². The normalized spacial score (nSPS) is 10.5. The second kappa shape index (κ2) is 7.63. The average molecular weight is 313 g/mol. The molecule has 1 heterocycles. The largest absolute Gasteiger partial charge is 0.495 e. The predicted octanol–water partition coefficient (Wildman–Crippen LogP) is 3.72. The van der Waals surface area contributed by atoms with E-state index in [2.05, 4.69) is 29.5 Å². The Morgan fingerprint density at radius 2 is 2.04 bits per heavy atom. The van der Waals surface area contributed by atoms with Crippen molar-refractivity contribution in [1.29, 1.82) is 0 Å². The van der Waals surface area contributed by atoms with Crippen molar-refractivity contribution in [2.24, 2.45) is 5.92 Å². The second-order valence-corrected chi connectivity index (χ2v) is 5.86. The van der Waals surface area contributed by atoms with E-state index in [0.29, 0.717) is 23.0 Å². The van der Waals surface area contributed by atoms with Gasteiger partial charge in [0, 0.05) is 6.54 Å². The molecule has 0 radical (unpaired) electrons. The van der Waals surface area contributed by atoms with Crippen LogP contribution in [0.15, 0.2) is 36.5 Å². The molecule has 5 heteroatoms. The molecule has 0 atom stereocenters. The summed E-state index contributed by atoms with van der Waals surface area (Å²) < 4.78 is 5.27. The maximum Gasteiger partial charge on any atom is 0.274 e. The first-order valence-electron chi connectivity index (χ1n) is 7.65. The number of carbonyl (C=O) groups is 1. The SMILES string of the molecule is COc1ccc(C)cc1NC(=O)c1ccc(NCC(C)C)cn1. The topological polar surface area (TPSA) is 63.2 Å². The number of pyridine rings is 1. The molecule has 0 saturated carbocycles. The Bertz CT molecular complexity index is 666. The summed E-state index contributed by atoms with van der Waals surface area (Å²) in [6, 6.07) is 9.20. The van der Waals surface area contributed by atoms with E-state index in [1.54, 1.807) is 19.4 Å². The molecule has 0 fully saturated rings. The molecule has 2 N–H and O–H groups in total. The van der Waals surface area contributed by atoms with Crippen LogP contribution in [0.5, 0.6) is 5.75 Å². The highest BCUT2D eigenvalue weighted by Crippen LogP contribution is 2.25. The lowest BCUT2D eigenvalue weighted by Crippen LogP contribution is -2.15. The Labute approximate surface area is 137 Å². The average Bonchev–Trinajstić information content (AvgIpc) is 2.53. The molecule has 0 aliphatic rings. The molecule has 0 bridgehead atoms. The van der Waals surface area contributed by atoms with Gasteiger partial charge in [0.15, 0.2) is 0 Å². The fourth-order valence-electron chi connectivity index (χ4n) is 2.06. The molecular weight excluding hydrogens is 290 g/mol. The van der Waals surface area contributed by atoms with Gasteiger partial charge >= 0.3 is 0 Å². The van der Waals surface area contributed by atoms with Crippen LogP contribution in [0.1, 0.15) is 29.9 Å². The zero-order valence-corrected chi connectivity index (χ0v) is 14.0. The number of nitrogens with zero attached hydrogens (tertiary/aromatic N) is 1. The Morgan fingerprint density at radius 1 is 1.26 bits per heavy atom. The van der Waals surface area contributed by atoms with Crippen molar-refractivity contribution in [3.8, 4) is 5.75 Å². The lowest BCUT2D eigenvalue weighted by atomic mass is 10.2. The summed E-state index contributed by atoms with van der Waals surface area (Å²) in [5.41, 5.74) is 2.95. The third-order valence-electron chi connectivity index (χ3n) is 3.31. The van der Waals surface area contributed by atoms with Gasteiger partial charge in [0.05, 0.1) is 24.7 Å². The van der Waals surface area contributed by atoms with E-state index < -0.39 is 0 Å². The first kappa shape index (κ1) is 16.8. The minimum Gasteiger partial charge on any atom is -0.495 e. The van der Waals surface area contributed by atoms with Gasteiger partial charge in [-0.05, 0) is 42.7 Å². The van der Waals surface area contributed by atoms with Crippen LogP contribution in [0, 0.1) is 12.8 Å². The third kappa shape index (κ3) is 4.71. The van der Waals surface area contributed by atoms with E-state index in [0.717, 1.165) is 17.8 Å². The number of nitrogens with one attached hydrogen (secondary N) is 2. The summed E-state index contributed by atoms with van der Waals surface area (Å²) in [6.07, 6.45) is 1.67. The van der Waals surface area contributed by atoms with Gasteiger partial charge in [-0.25, -0.2) is 4.98 Å². The maximum atomic E-state index is 12.3. The summed E-state index contributed by atoms with van der Waals surface area (Å²) in [5, 5.41) is 6.11. The number of rotatable bonds is 6. The van der Waals surface area contributed by atoms with Gasteiger partial charge in [0.2, 0.25) is 0 Å². The van der Waals surface area contributed by atoms with Gasteiger partial charge < -0.3 is 15.4 Å². The van der Waals surface area contributed by atoms with E-state index in [9.17, 15) is 4.79 Å². The summed E-state index contributed by atoms with van der Waals surface area (Å²) in [4.78, 5) is 16.5. The number of hydrogen-bond donors (Lipinski definition) is 2. The van der Waals surface area contributed by atoms with Crippen LogP contribution >= 0.6 is 0 Å². The van der Waals surface area contributed by atoms with Crippen molar-refractivity contribution < 1.29 is 9.53 Å². The zero-order chi connectivity index (χ0) is 16.8.